The van der Waals surface area contributed by atoms with Gasteiger partial charge in [-0.1, -0.05) is 66.4 Å². The number of alkyl halides is 2. The molecule has 0 aliphatic heterocycles. The summed E-state index contributed by atoms with van der Waals surface area (Å²) in [6, 6.07) is 24.3. The summed E-state index contributed by atoms with van der Waals surface area (Å²) in [6.45, 7) is 0. The SMILES string of the molecule is O=C(Cc1ccc(-c2ccccc2)cc1)Nc1ccc(SC(F)F)cc1. The molecular formula is C21H17F2NOS. The first-order chi connectivity index (χ1) is 12.6. The van der Waals surface area contributed by atoms with Crippen LogP contribution < -0.4 is 5.32 Å². The molecule has 0 aromatic heterocycles. The molecule has 3 aromatic carbocycles. The molecule has 0 heterocycles. The van der Waals surface area contributed by atoms with Crippen molar-refractivity contribution in [3.63, 3.8) is 0 Å². The summed E-state index contributed by atoms with van der Waals surface area (Å²) in [6.07, 6.45) is 0.253. The maximum Gasteiger partial charge on any atom is 0.288 e. The maximum absolute atomic E-state index is 12.3. The van der Waals surface area contributed by atoms with E-state index in [1.807, 2.05) is 54.6 Å². The van der Waals surface area contributed by atoms with Crippen LogP contribution in [0.15, 0.2) is 83.8 Å². The van der Waals surface area contributed by atoms with Gasteiger partial charge in [-0.2, -0.15) is 8.78 Å². The van der Waals surface area contributed by atoms with Crippen molar-refractivity contribution in [2.75, 3.05) is 5.32 Å². The number of rotatable bonds is 6. The van der Waals surface area contributed by atoms with Gasteiger partial charge in [-0.15, -0.1) is 0 Å². The average Bonchev–Trinajstić information content (AvgIpc) is 2.64. The van der Waals surface area contributed by atoms with Gasteiger partial charge in [0.05, 0.1) is 6.42 Å². The molecule has 0 unspecified atom stereocenters. The molecular weight excluding hydrogens is 352 g/mol. The maximum atomic E-state index is 12.3. The van der Waals surface area contributed by atoms with Crippen molar-refractivity contribution in [3.05, 3.63) is 84.4 Å². The number of anilines is 1. The molecule has 0 atom stereocenters. The van der Waals surface area contributed by atoms with Crippen LogP contribution in [0.25, 0.3) is 11.1 Å². The van der Waals surface area contributed by atoms with Gasteiger partial charge in [-0.05, 0) is 41.0 Å². The second kappa shape index (κ2) is 8.63. The highest BCUT2D eigenvalue weighted by Crippen LogP contribution is 2.26. The lowest BCUT2D eigenvalue weighted by molar-refractivity contribution is -0.115. The Morgan fingerprint density at radius 1 is 0.846 bits per heavy atom. The van der Waals surface area contributed by atoms with Gasteiger partial charge in [0.25, 0.3) is 5.76 Å². The molecule has 0 fully saturated rings. The second-order valence-corrected chi connectivity index (χ2v) is 6.75. The molecule has 0 aliphatic carbocycles. The molecule has 0 spiro atoms. The molecule has 1 amide bonds. The molecule has 0 aliphatic rings. The summed E-state index contributed by atoms with van der Waals surface area (Å²) in [5, 5.41) is 2.78. The predicted octanol–water partition coefficient (Wildman–Crippen LogP) is 5.85. The van der Waals surface area contributed by atoms with Gasteiger partial charge in [0, 0.05) is 10.6 Å². The Bertz CT molecular complexity index is 849. The topological polar surface area (TPSA) is 29.1 Å². The third-order valence-corrected chi connectivity index (χ3v) is 4.51. The Morgan fingerprint density at radius 2 is 1.46 bits per heavy atom. The molecule has 3 rings (SSSR count). The number of carbonyl (C=O) groups is 1. The van der Waals surface area contributed by atoms with E-state index >= 15 is 0 Å². The average molecular weight is 369 g/mol. The largest absolute Gasteiger partial charge is 0.326 e. The van der Waals surface area contributed by atoms with E-state index in [1.165, 1.54) is 0 Å². The smallest absolute Gasteiger partial charge is 0.288 e. The van der Waals surface area contributed by atoms with Crippen molar-refractivity contribution in [2.45, 2.75) is 17.1 Å². The van der Waals surface area contributed by atoms with E-state index in [-0.39, 0.29) is 12.3 Å². The Morgan fingerprint density at radius 3 is 2.08 bits per heavy atom. The van der Waals surface area contributed by atoms with Crippen LogP contribution in [0.3, 0.4) is 0 Å². The van der Waals surface area contributed by atoms with E-state index in [1.54, 1.807) is 24.3 Å². The number of nitrogens with one attached hydrogen (secondary N) is 1. The van der Waals surface area contributed by atoms with Crippen LogP contribution in [-0.2, 0) is 11.2 Å². The van der Waals surface area contributed by atoms with Gasteiger partial charge in [0.15, 0.2) is 0 Å². The van der Waals surface area contributed by atoms with Crippen molar-refractivity contribution < 1.29 is 13.6 Å². The third-order valence-electron chi connectivity index (χ3n) is 3.79. The van der Waals surface area contributed by atoms with E-state index in [9.17, 15) is 13.6 Å². The van der Waals surface area contributed by atoms with E-state index < -0.39 is 5.76 Å². The van der Waals surface area contributed by atoms with Gasteiger partial charge < -0.3 is 5.32 Å². The van der Waals surface area contributed by atoms with Gasteiger partial charge in [0.1, 0.15) is 0 Å². The second-order valence-electron chi connectivity index (χ2n) is 5.69. The number of carbonyl (C=O) groups excluding carboxylic acids is 1. The first kappa shape index (κ1) is 18.1. The minimum absolute atomic E-state index is 0.147. The Hall–Kier alpha value is -2.66. The Balaban J connectivity index is 1.58. The van der Waals surface area contributed by atoms with Gasteiger partial charge in [-0.3, -0.25) is 4.79 Å². The molecule has 0 bridgehead atoms. The van der Waals surface area contributed by atoms with Crippen LogP contribution in [-0.4, -0.2) is 11.7 Å². The summed E-state index contributed by atoms with van der Waals surface area (Å²) in [7, 11) is 0. The molecule has 5 heteroatoms. The summed E-state index contributed by atoms with van der Waals surface area (Å²) < 4.78 is 24.6. The van der Waals surface area contributed by atoms with Crippen molar-refractivity contribution in [2.24, 2.45) is 0 Å². The van der Waals surface area contributed by atoms with Crippen molar-refractivity contribution in [3.8, 4) is 11.1 Å². The summed E-state index contributed by atoms with van der Waals surface area (Å²) in [5.41, 5.74) is 3.73. The molecule has 1 N–H and O–H groups in total. The zero-order valence-electron chi connectivity index (χ0n) is 13.9. The first-order valence-corrected chi connectivity index (χ1v) is 8.97. The molecule has 0 radical (unpaired) electrons. The predicted molar refractivity (Wildman–Crippen MR) is 103 cm³/mol. The zero-order valence-corrected chi connectivity index (χ0v) is 14.7. The summed E-state index contributed by atoms with van der Waals surface area (Å²) >= 11 is 0.482. The van der Waals surface area contributed by atoms with Crippen LogP contribution in [0.1, 0.15) is 5.56 Å². The number of hydrogen-bond acceptors (Lipinski definition) is 2. The standard InChI is InChI=1S/C21H17F2NOS/c22-21(23)26-19-12-10-18(11-13-19)24-20(25)14-15-6-8-17(9-7-15)16-4-2-1-3-5-16/h1-13,21H,14H2,(H,24,25). The first-order valence-electron chi connectivity index (χ1n) is 8.09. The minimum atomic E-state index is -2.45. The lowest BCUT2D eigenvalue weighted by atomic mass is 10.0. The van der Waals surface area contributed by atoms with Crippen LogP contribution in [0.5, 0.6) is 0 Å². The normalized spacial score (nSPS) is 10.7. The highest BCUT2D eigenvalue weighted by Gasteiger charge is 2.07. The van der Waals surface area contributed by atoms with E-state index in [4.69, 9.17) is 0 Å². The zero-order chi connectivity index (χ0) is 18.4. The van der Waals surface area contributed by atoms with Gasteiger partial charge in [-0.25, -0.2) is 0 Å². The summed E-state index contributed by atoms with van der Waals surface area (Å²) in [5.74, 6) is -2.60. The van der Waals surface area contributed by atoms with Crippen LogP contribution in [0.2, 0.25) is 0 Å². The van der Waals surface area contributed by atoms with Crippen LogP contribution in [0, 0.1) is 0 Å². The number of halogens is 2. The number of hydrogen-bond donors (Lipinski definition) is 1. The van der Waals surface area contributed by atoms with Gasteiger partial charge >= 0.3 is 0 Å². The molecule has 3 aromatic rings. The molecule has 0 saturated carbocycles. The fourth-order valence-electron chi connectivity index (χ4n) is 2.56. The van der Waals surface area contributed by atoms with Crippen molar-refractivity contribution >= 4 is 23.4 Å². The fourth-order valence-corrected chi connectivity index (χ4v) is 3.05. The Kier molecular flexibility index (Phi) is 6.02. The van der Waals surface area contributed by atoms with E-state index in [0.29, 0.717) is 22.3 Å². The highest BCUT2D eigenvalue weighted by atomic mass is 32.2. The Labute approximate surface area is 155 Å². The van der Waals surface area contributed by atoms with E-state index in [0.717, 1.165) is 16.7 Å². The van der Waals surface area contributed by atoms with Crippen LogP contribution >= 0.6 is 11.8 Å². The number of benzene rings is 3. The molecule has 132 valence electrons. The molecule has 0 saturated heterocycles. The minimum Gasteiger partial charge on any atom is -0.326 e. The molecule has 26 heavy (non-hydrogen) atoms. The van der Waals surface area contributed by atoms with Crippen LogP contribution in [0.4, 0.5) is 14.5 Å². The van der Waals surface area contributed by atoms with Crippen molar-refractivity contribution in [1.82, 2.24) is 0 Å². The fraction of sp³-hybridized carbons (Fsp3) is 0.0952. The van der Waals surface area contributed by atoms with Crippen molar-refractivity contribution in [1.29, 1.82) is 0 Å². The van der Waals surface area contributed by atoms with Gasteiger partial charge in [0.2, 0.25) is 5.91 Å². The highest BCUT2D eigenvalue weighted by molar-refractivity contribution is 7.99. The van der Waals surface area contributed by atoms with E-state index in [2.05, 4.69) is 5.32 Å². The lowest BCUT2D eigenvalue weighted by Crippen LogP contribution is -2.14. The summed E-state index contributed by atoms with van der Waals surface area (Å²) in [4.78, 5) is 12.6. The monoisotopic (exact) mass is 369 g/mol. The number of thioether (sulfide) groups is 1. The number of amides is 1. The third kappa shape index (κ3) is 5.17. The lowest BCUT2D eigenvalue weighted by Gasteiger charge is -2.07. The quantitative estimate of drug-likeness (QED) is 0.552. The molecule has 2 nitrogen and oxygen atoms in total.